The van der Waals surface area contributed by atoms with Crippen molar-refractivity contribution in [1.29, 1.82) is 0 Å². The normalized spacial score (nSPS) is 11.6. The van der Waals surface area contributed by atoms with Crippen LogP contribution in [0.1, 0.15) is 15.2 Å². The summed E-state index contributed by atoms with van der Waals surface area (Å²) >= 11 is 0.764. The highest BCUT2D eigenvalue weighted by atomic mass is 32.1. The molecule has 2 N–H and O–H groups in total. The van der Waals surface area contributed by atoms with Crippen LogP contribution in [0.25, 0.3) is 21.5 Å². The van der Waals surface area contributed by atoms with E-state index in [4.69, 9.17) is 10.5 Å². The number of ether oxygens (including phenoxy) is 2. The third kappa shape index (κ3) is 3.05. The van der Waals surface area contributed by atoms with E-state index in [1.165, 1.54) is 7.11 Å². The molecule has 0 atom stereocenters. The highest BCUT2D eigenvalue weighted by molar-refractivity contribution is 7.21. The Hall–Kier alpha value is -2.81. The summed E-state index contributed by atoms with van der Waals surface area (Å²) < 4.78 is 50.5. The lowest BCUT2D eigenvalue weighted by molar-refractivity contribution is -0.136. The van der Waals surface area contributed by atoms with Crippen LogP contribution in [0.2, 0.25) is 0 Å². The Bertz CT molecular complexity index is 999. The van der Waals surface area contributed by atoms with Gasteiger partial charge in [0.2, 0.25) is 0 Å². The van der Waals surface area contributed by atoms with Crippen molar-refractivity contribution in [1.82, 2.24) is 4.98 Å². The number of esters is 1. The zero-order valence-electron chi connectivity index (χ0n) is 13.7. The van der Waals surface area contributed by atoms with E-state index in [1.807, 2.05) is 0 Å². The van der Waals surface area contributed by atoms with Gasteiger partial charge in [-0.05, 0) is 18.2 Å². The molecule has 26 heavy (non-hydrogen) atoms. The highest BCUT2D eigenvalue weighted by Gasteiger charge is 2.36. The smallest absolute Gasteiger partial charge is 0.417 e. The van der Waals surface area contributed by atoms with Gasteiger partial charge in [-0.25, -0.2) is 9.78 Å². The summed E-state index contributed by atoms with van der Waals surface area (Å²) in [5.41, 5.74) is 5.11. The van der Waals surface area contributed by atoms with Crippen LogP contribution in [0.4, 0.5) is 18.9 Å². The number of rotatable bonds is 3. The summed E-state index contributed by atoms with van der Waals surface area (Å²) in [7, 11) is 2.59. The van der Waals surface area contributed by atoms with Crippen LogP contribution in [0.15, 0.2) is 30.3 Å². The largest absolute Gasteiger partial charge is 0.497 e. The number of thiophene rings is 1. The lowest BCUT2D eigenvalue weighted by atomic mass is 10.1. The molecule has 5 nitrogen and oxygen atoms in total. The van der Waals surface area contributed by atoms with Crippen LogP contribution in [0, 0.1) is 0 Å². The van der Waals surface area contributed by atoms with Gasteiger partial charge in [-0.3, -0.25) is 0 Å². The summed E-state index contributed by atoms with van der Waals surface area (Å²) in [6, 6.07) is 7.43. The van der Waals surface area contributed by atoms with Crippen molar-refractivity contribution >= 4 is 33.2 Å². The summed E-state index contributed by atoms with van der Waals surface area (Å²) in [5, 5.41) is -0.297. The molecule has 0 bridgehead atoms. The maximum Gasteiger partial charge on any atom is 0.417 e. The molecule has 1 aromatic carbocycles. The molecular formula is C17H13F3N2O3S. The quantitative estimate of drug-likeness (QED) is 0.682. The number of fused-ring (bicyclic) bond motifs is 1. The van der Waals surface area contributed by atoms with Gasteiger partial charge in [-0.15, -0.1) is 11.3 Å². The molecule has 9 heteroatoms. The number of methoxy groups -OCH3 is 2. The number of carbonyl (C=O) groups is 1. The van der Waals surface area contributed by atoms with Crippen molar-refractivity contribution in [3.8, 4) is 17.0 Å². The fourth-order valence-electron chi connectivity index (χ4n) is 2.52. The first-order valence-corrected chi connectivity index (χ1v) is 8.11. The van der Waals surface area contributed by atoms with Gasteiger partial charge < -0.3 is 15.2 Å². The Labute approximate surface area is 150 Å². The molecule has 2 aromatic heterocycles. The van der Waals surface area contributed by atoms with E-state index < -0.39 is 17.7 Å². The van der Waals surface area contributed by atoms with Crippen LogP contribution in [0.5, 0.6) is 5.75 Å². The number of nitrogens with two attached hydrogens (primary N) is 1. The van der Waals surface area contributed by atoms with Crippen LogP contribution in [0.3, 0.4) is 0 Å². The number of hydrogen-bond acceptors (Lipinski definition) is 6. The second kappa shape index (κ2) is 6.49. The van der Waals surface area contributed by atoms with Gasteiger partial charge in [-0.1, -0.05) is 12.1 Å². The molecule has 0 saturated carbocycles. The van der Waals surface area contributed by atoms with Crippen molar-refractivity contribution in [3.05, 3.63) is 40.8 Å². The van der Waals surface area contributed by atoms with E-state index in [1.54, 1.807) is 24.3 Å². The maximum atomic E-state index is 13.6. The van der Waals surface area contributed by atoms with E-state index in [-0.39, 0.29) is 26.5 Å². The minimum Gasteiger partial charge on any atom is -0.497 e. The first kappa shape index (κ1) is 18.0. The topological polar surface area (TPSA) is 74.4 Å². The molecule has 0 aliphatic rings. The minimum atomic E-state index is -4.67. The number of pyridine rings is 1. The fourth-order valence-corrected chi connectivity index (χ4v) is 3.56. The molecular weight excluding hydrogens is 369 g/mol. The molecule has 0 saturated heterocycles. The van der Waals surface area contributed by atoms with Crippen LogP contribution in [-0.2, 0) is 10.9 Å². The van der Waals surface area contributed by atoms with E-state index in [2.05, 4.69) is 9.72 Å². The predicted octanol–water partition coefficient (Wildman–Crippen LogP) is 4.36. The number of anilines is 1. The molecule has 3 rings (SSSR count). The molecule has 3 aromatic rings. The van der Waals surface area contributed by atoms with Gasteiger partial charge in [-0.2, -0.15) is 13.2 Å². The average Bonchev–Trinajstić information content (AvgIpc) is 2.96. The van der Waals surface area contributed by atoms with Gasteiger partial charge in [0, 0.05) is 10.9 Å². The molecule has 0 unspecified atom stereocenters. The van der Waals surface area contributed by atoms with Gasteiger partial charge >= 0.3 is 12.1 Å². The number of benzene rings is 1. The van der Waals surface area contributed by atoms with Crippen LogP contribution >= 0.6 is 11.3 Å². The number of nitrogen functional groups attached to an aromatic ring is 1. The number of carbonyl (C=O) groups excluding carboxylic acids is 1. The van der Waals surface area contributed by atoms with Gasteiger partial charge in [0.05, 0.1) is 31.2 Å². The maximum absolute atomic E-state index is 13.6. The molecule has 0 aliphatic carbocycles. The minimum absolute atomic E-state index is 0.00976. The third-order valence-electron chi connectivity index (χ3n) is 3.74. The number of alkyl halides is 3. The van der Waals surface area contributed by atoms with E-state index in [0.717, 1.165) is 24.5 Å². The van der Waals surface area contributed by atoms with Gasteiger partial charge in [0.1, 0.15) is 15.5 Å². The lowest BCUT2D eigenvalue weighted by Crippen LogP contribution is -2.08. The van der Waals surface area contributed by atoms with Crippen molar-refractivity contribution in [2.75, 3.05) is 20.0 Å². The summed E-state index contributed by atoms with van der Waals surface area (Å²) in [6.07, 6.45) is -4.67. The van der Waals surface area contributed by atoms with E-state index in [9.17, 15) is 18.0 Å². The average molecular weight is 382 g/mol. The Morgan fingerprint density at radius 2 is 1.96 bits per heavy atom. The van der Waals surface area contributed by atoms with Gasteiger partial charge in [0.15, 0.2) is 0 Å². The summed E-state index contributed by atoms with van der Waals surface area (Å²) in [5.74, 6) is -0.319. The standard InChI is InChI=1S/C17H13F3N2O3S/c1-24-9-5-3-4-8(6-9)11-7-10(17(18,19)20)12-13(21)14(16(23)25-2)26-15(12)22-11/h3-7H,21H2,1-2H3. The SMILES string of the molecule is COC(=O)c1sc2nc(-c3cccc(OC)c3)cc(C(F)(F)F)c2c1N. The monoisotopic (exact) mass is 382 g/mol. The molecule has 0 fully saturated rings. The van der Waals surface area contributed by atoms with Crippen molar-refractivity contribution in [2.45, 2.75) is 6.18 Å². The molecule has 0 radical (unpaired) electrons. The zero-order valence-corrected chi connectivity index (χ0v) is 14.5. The summed E-state index contributed by atoms with van der Waals surface area (Å²) in [6.45, 7) is 0. The van der Waals surface area contributed by atoms with E-state index >= 15 is 0 Å². The van der Waals surface area contributed by atoms with E-state index in [0.29, 0.717) is 11.3 Å². The Kier molecular flexibility index (Phi) is 4.49. The second-order valence-electron chi connectivity index (χ2n) is 5.30. The van der Waals surface area contributed by atoms with Gasteiger partial charge in [0.25, 0.3) is 0 Å². The molecule has 2 heterocycles. The first-order valence-electron chi connectivity index (χ1n) is 7.29. The molecule has 0 aliphatic heterocycles. The molecule has 136 valence electrons. The third-order valence-corrected chi connectivity index (χ3v) is 4.82. The lowest BCUT2D eigenvalue weighted by Gasteiger charge is -2.11. The predicted molar refractivity (Wildman–Crippen MR) is 92.4 cm³/mol. The fraction of sp³-hybridized carbons (Fsp3) is 0.176. The zero-order chi connectivity index (χ0) is 19.1. The van der Waals surface area contributed by atoms with Crippen LogP contribution < -0.4 is 10.5 Å². The van der Waals surface area contributed by atoms with Crippen molar-refractivity contribution in [2.24, 2.45) is 0 Å². The number of nitrogens with zero attached hydrogens (tertiary/aromatic N) is 1. The second-order valence-corrected chi connectivity index (χ2v) is 6.30. The molecule has 0 spiro atoms. The summed E-state index contributed by atoms with van der Waals surface area (Å²) in [4.78, 5) is 16.0. The van der Waals surface area contributed by atoms with Crippen molar-refractivity contribution < 1.29 is 27.4 Å². The molecule has 0 amide bonds. The highest BCUT2D eigenvalue weighted by Crippen LogP contribution is 2.43. The Morgan fingerprint density at radius 1 is 1.23 bits per heavy atom. The van der Waals surface area contributed by atoms with Crippen molar-refractivity contribution in [3.63, 3.8) is 0 Å². The Balaban J connectivity index is 2.32. The number of hydrogen-bond donors (Lipinski definition) is 1. The Morgan fingerprint density at radius 3 is 2.58 bits per heavy atom. The first-order chi connectivity index (χ1) is 12.3. The van der Waals surface area contributed by atoms with Crippen LogP contribution in [-0.4, -0.2) is 25.2 Å². The number of aromatic nitrogens is 1. The number of halogens is 3.